The number of amides is 3. The van der Waals surface area contributed by atoms with Crippen LogP contribution in [0, 0.1) is 5.92 Å². The minimum atomic E-state index is -0.265. The predicted molar refractivity (Wildman–Crippen MR) is 105 cm³/mol. The second-order valence-electron chi connectivity index (χ2n) is 7.74. The van der Waals surface area contributed by atoms with Gasteiger partial charge in [0.15, 0.2) is 0 Å². The van der Waals surface area contributed by atoms with E-state index in [2.05, 4.69) is 0 Å². The van der Waals surface area contributed by atoms with E-state index < -0.39 is 0 Å². The molecule has 7 nitrogen and oxygen atoms in total. The molecule has 1 atom stereocenters. The van der Waals surface area contributed by atoms with E-state index in [4.69, 9.17) is 4.74 Å². The Balaban J connectivity index is 1.59. The van der Waals surface area contributed by atoms with Crippen molar-refractivity contribution in [2.24, 2.45) is 5.92 Å². The van der Waals surface area contributed by atoms with Gasteiger partial charge in [0.25, 0.3) is 5.91 Å². The second-order valence-corrected chi connectivity index (χ2v) is 7.74. The standard InChI is InChI=1S/C21H29N3O4/c1-15(2)24-14-17(13-19(24)25)21(27)23-10-4-9-22(11-12-23)20(26)16-5-7-18(28-3)8-6-16/h5-8,15,17H,4,9-14H2,1-3H3. The summed E-state index contributed by atoms with van der Waals surface area (Å²) in [7, 11) is 1.59. The van der Waals surface area contributed by atoms with Gasteiger partial charge in [0.1, 0.15) is 5.75 Å². The highest BCUT2D eigenvalue weighted by atomic mass is 16.5. The number of carbonyl (C=O) groups excluding carboxylic acids is 3. The number of likely N-dealkylation sites (tertiary alicyclic amines) is 1. The second kappa shape index (κ2) is 8.63. The first-order chi connectivity index (χ1) is 13.4. The average Bonchev–Trinajstić information content (AvgIpc) is 2.93. The van der Waals surface area contributed by atoms with Gasteiger partial charge in [0.2, 0.25) is 11.8 Å². The molecule has 2 heterocycles. The van der Waals surface area contributed by atoms with Crippen LogP contribution in [0.5, 0.6) is 5.75 Å². The normalized spacial score (nSPS) is 20.5. The van der Waals surface area contributed by atoms with E-state index in [0.717, 1.165) is 6.42 Å². The molecule has 2 aliphatic rings. The number of nitrogens with zero attached hydrogens (tertiary/aromatic N) is 3. The zero-order valence-corrected chi connectivity index (χ0v) is 16.9. The lowest BCUT2D eigenvalue weighted by Gasteiger charge is -2.25. The summed E-state index contributed by atoms with van der Waals surface area (Å²) in [4.78, 5) is 43.2. The molecule has 0 bridgehead atoms. The molecule has 0 spiro atoms. The van der Waals surface area contributed by atoms with Gasteiger partial charge in [-0.05, 0) is 44.5 Å². The molecule has 3 rings (SSSR count). The summed E-state index contributed by atoms with van der Waals surface area (Å²) in [6, 6.07) is 7.20. The van der Waals surface area contributed by atoms with E-state index in [1.165, 1.54) is 0 Å². The number of methoxy groups -OCH3 is 1. The molecule has 0 radical (unpaired) electrons. The summed E-state index contributed by atoms with van der Waals surface area (Å²) in [6.45, 7) is 6.70. The van der Waals surface area contributed by atoms with Crippen LogP contribution in [-0.2, 0) is 9.59 Å². The Bertz CT molecular complexity index is 732. The summed E-state index contributed by atoms with van der Waals surface area (Å²) < 4.78 is 5.14. The van der Waals surface area contributed by atoms with E-state index in [-0.39, 0.29) is 29.7 Å². The molecule has 2 fully saturated rings. The van der Waals surface area contributed by atoms with Crippen LogP contribution in [0.25, 0.3) is 0 Å². The Morgan fingerprint density at radius 1 is 1.04 bits per heavy atom. The number of benzene rings is 1. The fourth-order valence-corrected chi connectivity index (χ4v) is 3.91. The van der Waals surface area contributed by atoms with Gasteiger partial charge in [-0.2, -0.15) is 0 Å². The SMILES string of the molecule is COc1ccc(C(=O)N2CCCN(C(=O)C3CC(=O)N(C(C)C)C3)CC2)cc1. The molecule has 1 aromatic carbocycles. The minimum absolute atomic E-state index is 0.0287. The number of hydrogen-bond donors (Lipinski definition) is 0. The van der Waals surface area contributed by atoms with E-state index in [1.54, 1.807) is 41.2 Å². The first-order valence-electron chi connectivity index (χ1n) is 9.92. The highest BCUT2D eigenvalue weighted by molar-refractivity contribution is 5.94. The van der Waals surface area contributed by atoms with Crippen LogP contribution >= 0.6 is 0 Å². The van der Waals surface area contributed by atoms with Crippen molar-refractivity contribution in [3.8, 4) is 5.75 Å². The highest BCUT2D eigenvalue weighted by Gasteiger charge is 2.37. The fraction of sp³-hybridized carbons (Fsp3) is 0.571. The van der Waals surface area contributed by atoms with E-state index in [1.807, 2.05) is 18.7 Å². The zero-order chi connectivity index (χ0) is 20.3. The molecule has 28 heavy (non-hydrogen) atoms. The van der Waals surface area contributed by atoms with Crippen molar-refractivity contribution in [3.63, 3.8) is 0 Å². The maximum absolute atomic E-state index is 12.9. The van der Waals surface area contributed by atoms with E-state index >= 15 is 0 Å². The third-order valence-corrected chi connectivity index (χ3v) is 5.56. The van der Waals surface area contributed by atoms with Gasteiger partial charge in [-0.1, -0.05) is 0 Å². The molecule has 2 aliphatic heterocycles. The molecular weight excluding hydrogens is 358 g/mol. The maximum atomic E-state index is 12.9. The van der Waals surface area contributed by atoms with Crippen molar-refractivity contribution in [2.75, 3.05) is 39.8 Å². The Morgan fingerprint density at radius 2 is 1.68 bits per heavy atom. The molecule has 0 aromatic heterocycles. The molecule has 7 heteroatoms. The molecule has 0 aliphatic carbocycles. The highest BCUT2D eigenvalue weighted by Crippen LogP contribution is 2.23. The van der Waals surface area contributed by atoms with E-state index in [9.17, 15) is 14.4 Å². The summed E-state index contributed by atoms with van der Waals surface area (Å²) in [6.07, 6.45) is 1.03. The molecule has 0 saturated carbocycles. The lowest BCUT2D eigenvalue weighted by atomic mass is 10.1. The van der Waals surface area contributed by atoms with Gasteiger partial charge in [0, 0.05) is 50.7 Å². The predicted octanol–water partition coefficient (Wildman–Crippen LogP) is 1.63. The molecule has 152 valence electrons. The van der Waals surface area contributed by atoms with Crippen LogP contribution in [0.15, 0.2) is 24.3 Å². The summed E-state index contributed by atoms with van der Waals surface area (Å²) in [5.74, 6) is 0.512. The summed E-state index contributed by atoms with van der Waals surface area (Å²) in [5.41, 5.74) is 0.620. The van der Waals surface area contributed by atoms with Crippen molar-refractivity contribution in [3.05, 3.63) is 29.8 Å². The van der Waals surface area contributed by atoms with Gasteiger partial charge >= 0.3 is 0 Å². The topological polar surface area (TPSA) is 70.2 Å². The van der Waals surface area contributed by atoms with Gasteiger partial charge < -0.3 is 19.4 Å². The largest absolute Gasteiger partial charge is 0.497 e. The van der Waals surface area contributed by atoms with Crippen molar-refractivity contribution in [1.82, 2.24) is 14.7 Å². The summed E-state index contributed by atoms with van der Waals surface area (Å²) >= 11 is 0. The Morgan fingerprint density at radius 3 is 2.29 bits per heavy atom. The number of ether oxygens (including phenoxy) is 1. The van der Waals surface area contributed by atoms with Crippen molar-refractivity contribution in [1.29, 1.82) is 0 Å². The fourth-order valence-electron chi connectivity index (χ4n) is 3.91. The molecular formula is C21H29N3O4. The lowest BCUT2D eigenvalue weighted by Crippen LogP contribution is -2.41. The van der Waals surface area contributed by atoms with Crippen LogP contribution < -0.4 is 4.74 Å². The average molecular weight is 387 g/mol. The van der Waals surface area contributed by atoms with Crippen LogP contribution in [0.1, 0.15) is 37.0 Å². The summed E-state index contributed by atoms with van der Waals surface area (Å²) in [5, 5.41) is 0. The van der Waals surface area contributed by atoms with Crippen LogP contribution in [0.3, 0.4) is 0 Å². The third-order valence-electron chi connectivity index (χ3n) is 5.56. The lowest BCUT2D eigenvalue weighted by molar-refractivity contribution is -0.135. The maximum Gasteiger partial charge on any atom is 0.253 e. The van der Waals surface area contributed by atoms with Crippen LogP contribution in [0.4, 0.5) is 0 Å². The minimum Gasteiger partial charge on any atom is -0.497 e. The van der Waals surface area contributed by atoms with Gasteiger partial charge in [-0.25, -0.2) is 0 Å². The zero-order valence-electron chi connectivity index (χ0n) is 16.9. The quantitative estimate of drug-likeness (QED) is 0.787. The first-order valence-corrected chi connectivity index (χ1v) is 9.92. The molecule has 0 N–H and O–H groups in total. The van der Waals surface area contributed by atoms with Crippen LogP contribution in [-0.4, -0.2) is 78.3 Å². The van der Waals surface area contributed by atoms with Gasteiger partial charge in [-0.15, -0.1) is 0 Å². The number of carbonyl (C=O) groups is 3. The third kappa shape index (κ3) is 4.29. The molecule has 2 saturated heterocycles. The Labute approximate surface area is 166 Å². The van der Waals surface area contributed by atoms with E-state index in [0.29, 0.717) is 50.5 Å². The van der Waals surface area contributed by atoms with Crippen molar-refractivity contribution >= 4 is 17.7 Å². The molecule has 3 amide bonds. The smallest absolute Gasteiger partial charge is 0.253 e. The molecule has 1 unspecified atom stereocenters. The number of hydrogen-bond acceptors (Lipinski definition) is 4. The molecule has 1 aromatic rings. The van der Waals surface area contributed by atoms with Crippen molar-refractivity contribution < 1.29 is 19.1 Å². The first kappa shape index (κ1) is 20.2. The Hall–Kier alpha value is -2.57. The number of rotatable bonds is 4. The van der Waals surface area contributed by atoms with Crippen molar-refractivity contribution in [2.45, 2.75) is 32.7 Å². The Kier molecular flexibility index (Phi) is 6.21. The van der Waals surface area contributed by atoms with Crippen LogP contribution in [0.2, 0.25) is 0 Å². The van der Waals surface area contributed by atoms with Gasteiger partial charge in [0.05, 0.1) is 13.0 Å². The van der Waals surface area contributed by atoms with Gasteiger partial charge in [-0.3, -0.25) is 14.4 Å². The monoisotopic (exact) mass is 387 g/mol.